The maximum atomic E-state index is 12.5. The fraction of sp³-hybridized carbons (Fsp3) is 0.550. The predicted molar refractivity (Wildman–Crippen MR) is 102 cm³/mol. The molecule has 28 heavy (non-hydrogen) atoms. The zero-order valence-corrected chi connectivity index (χ0v) is 16.1. The van der Waals surface area contributed by atoms with E-state index in [1.807, 2.05) is 24.3 Å². The minimum atomic E-state index is -0.793. The van der Waals surface area contributed by atoms with E-state index < -0.39 is 12.1 Å². The summed E-state index contributed by atoms with van der Waals surface area (Å²) in [7, 11) is 1.60. The van der Waals surface area contributed by atoms with E-state index in [1.54, 1.807) is 7.11 Å². The number of nitrogens with one attached hydrogen (secondary N) is 2. The van der Waals surface area contributed by atoms with Gasteiger partial charge in [0.15, 0.2) is 0 Å². The zero-order valence-electron chi connectivity index (χ0n) is 16.1. The first-order valence-corrected chi connectivity index (χ1v) is 9.66. The molecular formula is C20H27N3O5. The largest absolute Gasteiger partial charge is 0.497 e. The topological polar surface area (TPSA) is 97.0 Å². The first-order valence-electron chi connectivity index (χ1n) is 9.66. The van der Waals surface area contributed by atoms with Crippen LogP contribution in [0.3, 0.4) is 0 Å². The Kier molecular flexibility index (Phi) is 6.86. The third kappa shape index (κ3) is 5.22. The molecule has 3 rings (SSSR count). The van der Waals surface area contributed by atoms with Gasteiger partial charge in [-0.2, -0.15) is 0 Å². The lowest BCUT2D eigenvalue weighted by molar-refractivity contribution is -0.130. The fourth-order valence-electron chi connectivity index (χ4n) is 3.43. The van der Waals surface area contributed by atoms with Gasteiger partial charge in [0, 0.05) is 26.3 Å². The minimum absolute atomic E-state index is 0.0349. The lowest BCUT2D eigenvalue weighted by Crippen LogP contribution is -2.39. The van der Waals surface area contributed by atoms with E-state index in [2.05, 4.69) is 10.6 Å². The van der Waals surface area contributed by atoms with Gasteiger partial charge in [0.2, 0.25) is 5.91 Å². The Labute approximate surface area is 164 Å². The Hall–Kier alpha value is -2.61. The summed E-state index contributed by atoms with van der Waals surface area (Å²) < 4.78 is 10.4. The Morgan fingerprint density at radius 3 is 2.64 bits per heavy atom. The average molecular weight is 389 g/mol. The SMILES string of the molecule is COc1ccc(CCN2C(=O)NC(CC(=O)NCC3CCOCC3)C2=O)cc1. The number of rotatable bonds is 8. The summed E-state index contributed by atoms with van der Waals surface area (Å²) in [5.41, 5.74) is 0.999. The number of benzene rings is 1. The molecule has 8 nitrogen and oxygen atoms in total. The van der Waals surface area contributed by atoms with Gasteiger partial charge in [-0.1, -0.05) is 12.1 Å². The number of urea groups is 1. The van der Waals surface area contributed by atoms with Crippen LogP contribution in [0, 0.1) is 5.92 Å². The lowest BCUT2D eigenvalue weighted by atomic mass is 10.0. The molecular weight excluding hydrogens is 362 g/mol. The van der Waals surface area contributed by atoms with Crippen LogP contribution in [0.4, 0.5) is 4.79 Å². The summed E-state index contributed by atoms with van der Waals surface area (Å²) >= 11 is 0. The highest BCUT2D eigenvalue weighted by Gasteiger charge is 2.38. The van der Waals surface area contributed by atoms with E-state index in [-0.39, 0.29) is 24.8 Å². The first kappa shape index (κ1) is 20.1. The third-order valence-corrected chi connectivity index (χ3v) is 5.21. The Morgan fingerprint density at radius 1 is 1.25 bits per heavy atom. The molecule has 152 valence electrons. The zero-order chi connectivity index (χ0) is 19.9. The molecule has 1 atom stereocenters. The number of amides is 4. The number of imide groups is 1. The van der Waals surface area contributed by atoms with E-state index in [4.69, 9.17) is 9.47 Å². The van der Waals surface area contributed by atoms with Crippen LogP contribution in [0.25, 0.3) is 0 Å². The molecule has 8 heteroatoms. The summed E-state index contributed by atoms with van der Waals surface area (Å²) in [6.07, 6.45) is 2.37. The quantitative estimate of drug-likeness (QED) is 0.649. The minimum Gasteiger partial charge on any atom is -0.497 e. The van der Waals surface area contributed by atoms with Crippen LogP contribution in [0.2, 0.25) is 0 Å². The lowest BCUT2D eigenvalue weighted by Gasteiger charge is -2.22. The van der Waals surface area contributed by atoms with E-state index >= 15 is 0 Å². The van der Waals surface area contributed by atoms with Gasteiger partial charge in [0.25, 0.3) is 5.91 Å². The number of methoxy groups -OCH3 is 1. The Bertz CT molecular complexity index is 700. The van der Waals surface area contributed by atoms with Crippen LogP contribution in [0.15, 0.2) is 24.3 Å². The van der Waals surface area contributed by atoms with Crippen LogP contribution < -0.4 is 15.4 Å². The molecule has 2 aliphatic rings. The maximum Gasteiger partial charge on any atom is 0.324 e. The third-order valence-electron chi connectivity index (χ3n) is 5.21. The summed E-state index contributed by atoms with van der Waals surface area (Å²) in [5.74, 6) is 0.597. The van der Waals surface area contributed by atoms with Crippen molar-refractivity contribution in [2.75, 3.05) is 33.4 Å². The van der Waals surface area contributed by atoms with Gasteiger partial charge in [-0.25, -0.2) is 4.79 Å². The van der Waals surface area contributed by atoms with Crippen LogP contribution in [-0.2, 0) is 20.7 Å². The van der Waals surface area contributed by atoms with Crippen molar-refractivity contribution >= 4 is 17.8 Å². The van der Waals surface area contributed by atoms with Gasteiger partial charge < -0.3 is 20.1 Å². The molecule has 2 N–H and O–H groups in total. The van der Waals surface area contributed by atoms with Crippen molar-refractivity contribution < 1.29 is 23.9 Å². The van der Waals surface area contributed by atoms with Crippen molar-refractivity contribution in [2.45, 2.75) is 31.7 Å². The van der Waals surface area contributed by atoms with Crippen molar-refractivity contribution in [3.63, 3.8) is 0 Å². The highest BCUT2D eigenvalue weighted by Crippen LogP contribution is 2.15. The van der Waals surface area contributed by atoms with Crippen LogP contribution in [-0.4, -0.2) is 62.2 Å². The molecule has 2 fully saturated rings. The second-order valence-electron chi connectivity index (χ2n) is 7.15. The Balaban J connectivity index is 1.44. The van der Waals surface area contributed by atoms with Gasteiger partial charge >= 0.3 is 6.03 Å². The normalized spacial score (nSPS) is 20.2. The molecule has 1 aromatic rings. The monoisotopic (exact) mass is 389 g/mol. The van der Waals surface area contributed by atoms with Crippen molar-refractivity contribution in [1.82, 2.24) is 15.5 Å². The van der Waals surface area contributed by atoms with Crippen LogP contribution >= 0.6 is 0 Å². The molecule has 4 amide bonds. The number of hydrogen-bond acceptors (Lipinski definition) is 5. The smallest absolute Gasteiger partial charge is 0.324 e. The second-order valence-corrected chi connectivity index (χ2v) is 7.15. The van der Waals surface area contributed by atoms with Crippen LogP contribution in [0.5, 0.6) is 5.75 Å². The number of carbonyl (C=O) groups excluding carboxylic acids is 3. The van der Waals surface area contributed by atoms with Gasteiger partial charge in [-0.05, 0) is 42.9 Å². The second kappa shape index (κ2) is 9.54. The fourth-order valence-corrected chi connectivity index (χ4v) is 3.43. The molecule has 0 spiro atoms. The van der Waals surface area contributed by atoms with Gasteiger partial charge in [-0.3, -0.25) is 14.5 Å². The Morgan fingerprint density at radius 2 is 1.96 bits per heavy atom. The molecule has 0 bridgehead atoms. The number of ether oxygens (including phenoxy) is 2. The molecule has 0 saturated carbocycles. The number of carbonyl (C=O) groups is 3. The molecule has 2 saturated heterocycles. The average Bonchev–Trinajstić information content (AvgIpc) is 2.98. The van der Waals surface area contributed by atoms with Gasteiger partial charge in [-0.15, -0.1) is 0 Å². The van der Waals surface area contributed by atoms with E-state index in [9.17, 15) is 14.4 Å². The van der Waals surface area contributed by atoms with Gasteiger partial charge in [0.1, 0.15) is 11.8 Å². The molecule has 0 radical (unpaired) electrons. The molecule has 2 heterocycles. The predicted octanol–water partition coefficient (Wildman–Crippen LogP) is 1.09. The van der Waals surface area contributed by atoms with Crippen molar-refractivity contribution in [2.24, 2.45) is 5.92 Å². The van der Waals surface area contributed by atoms with Crippen molar-refractivity contribution in [3.05, 3.63) is 29.8 Å². The summed E-state index contributed by atoms with van der Waals surface area (Å²) in [4.78, 5) is 38.0. The van der Waals surface area contributed by atoms with E-state index in [1.165, 1.54) is 4.90 Å². The molecule has 1 aromatic carbocycles. The molecule has 1 unspecified atom stereocenters. The molecule has 2 aliphatic heterocycles. The van der Waals surface area contributed by atoms with E-state index in [0.717, 1.165) is 37.4 Å². The van der Waals surface area contributed by atoms with Crippen LogP contribution in [0.1, 0.15) is 24.8 Å². The highest BCUT2D eigenvalue weighted by molar-refractivity contribution is 6.05. The molecule has 0 aromatic heterocycles. The van der Waals surface area contributed by atoms with Gasteiger partial charge in [0.05, 0.1) is 13.5 Å². The van der Waals surface area contributed by atoms with Crippen molar-refractivity contribution in [1.29, 1.82) is 0 Å². The summed E-state index contributed by atoms with van der Waals surface area (Å²) in [5, 5.41) is 5.48. The summed E-state index contributed by atoms with van der Waals surface area (Å²) in [6, 6.07) is 6.25. The van der Waals surface area contributed by atoms with E-state index in [0.29, 0.717) is 18.9 Å². The number of hydrogen-bond donors (Lipinski definition) is 2. The first-order chi connectivity index (χ1) is 13.6. The molecule has 0 aliphatic carbocycles. The standard InChI is InChI=1S/C20H27N3O5/c1-27-16-4-2-14(3-5-16)6-9-23-19(25)17(22-20(23)26)12-18(24)21-13-15-7-10-28-11-8-15/h2-5,15,17H,6-13H2,1H3,(H,21,24)(H,22,26). The van der Waals surface area contributed by atoms with Crippen molar-refractivity contribution in [3.8, 4) is 5.75 Å². The highest BCUT2D eigenvalue weighted by atomic mass is 16.5. The number of nitrogens with zero attached hydrogens (tertiary/aromatic N) is 1. The maximum absolute atomic E-state index is 12.5. The summed E-state index contributed by atoms with van der Waals surface area (Å²) in [6.45, 7) is 2.30.